The number of carbonyl (C=O) groups excluding carboxylic acids is 1. The maximum absolute atomic E-state index is 13.0. The molecule has 0 bridgehead atoms. The Morgan fingerprint density at radius 3 is 2.79 bits per heavy atom. The van der Waals surface area contributed by atoms with Gasteiger partial charge in [0.1, 0.15) is 5.69 Å². The first-order valence-corrected chi connectivity index (χ1v) is 9.81. The van der Waals surface area contributed by atoms with E-state index in [-0.39, 0.29) is 30.0 Å². The van der Waals surface area contributed by atoms with Crippen LogP contribution in [0.4, 0.5) is 0 Å². The van der Waals surface area contributed by atoms with E-state index in [2.05, 4.69) is 4.98 Å². The fraction of sp³-hybridized carbons (Fsp3) is 0.412. The highest BCUT2D eigenvalue weighted by atomic mass is 32.2. The van der Waals surface area contributed by atoms with Gasteiger partial charge in [-0.1, -0.05) is 30.3 Å². The van der Waals surface area contributed by atoms with Gasteiger partial charge in [0.05, 0.1) is 11.0 Å². The molecule has 1 saturated carbocycles. The minimum atomic E-state index is -3.10. The molecule has 24 heavy (non-hydrogen) atoms. The predicted molar refractivity (Wildman–Crippen MR) is 88.2 cm³/mol. The third-order valence-electron chi connectivity index (χ3n) is 4.97. The molecule has 0 spiro atoms. The highest BCUT2D eigenvalue weighted by Gasteiger charge is 2.46. The summed E-state index contributed by atoms with van der Waals surface area (Å²) < 4.78 is 29.8. The number of amides is 1. The van der Waals surface area contributed by atoms with Crippen LogP contribution >= 0.6 is 0 Å². The van der Waals surface area contributed by atoms with E-state index in [1.807, 2.05) is 30.3 Å². The molecule has 2 aromatic rings. The molecule has 4 rings (SSSR count). The summed E-state index contributed by atoms with van der Waals surface area (Å²) in [5.41, 5.74) is 1.31. The lowest BCUT2D eigenvalue weighted by molar-refractivity contribution is 0.0655. The largest absolute Gasteiger partial charge is 0.438 e. The maximum Gasteiger partial charge on any atom is 0.292 e. The fourth-order valence-corrected chi connectivity index (χ4v) is 5.85. The van der Waals surface area contributed by atoms with Gasteiger partial charge in [0.15, 0.2) is 16.2 Å². The summed E-state index contributed by atoms with van der Waals surface area (Å²) in [4.78, 5) is 18.9. The molecule has 2 heterocycles. The third-order valence-corrected chi connectivity index (χ3v) is 7.19. The van der Waals surface area contributed by atoms with Crippen molar-refractivity contribution in [2.24, 2.45) is 0 Å². The van der Waals surface area contributed by atoms with Crippen molar-refractivity contribution in [2.45, 2.75) is 30.6 Å². The lowest BCUT2D eigenvalue weighted by atomic mass is 10.1. The number of hydrogen-bond donors (Lipinski definition) is 0. The Balaban J connectivity index is 1.67. The zero-order valence-electron chi connectivity index (χ0n) is 13.1. The summed E-state index contributed by atoms with van der Waals surface area (Å²) in [6, 6.07) is 9.13. The molecule has 1 aliphatic carbocycles. The monoisotopic (exact) mass is 346 g/mol. The Bertz CT molecular complexity index is 860. The van der Waals surface area contributed by atoms with Gasteiger partial charge in [0.2, 0.25) is 5.76 Å². The second-order valence-electron chi connectivity index (χ2n) is 6.30. The van der Waals surface area contributed by atoms with Crippen LogP contribution in [0.5, 0.6) is 0 Å². The van der Waals surface area contributed by atoms with Crippen molar-refractivity contribution in [2.75, 3.05) is 12.3 Å². The number of nitrogens with zero attached hydrogens (tertiary/aromatic N) is 2. The van der Waals surface area contributed by atoms with E-state index in [4.69, 9.17) is 4.42 Å². The molecule has 1 aliphatic heterocycles. The Hall–Kier alpha value is -2.15. The number of oxazole rings is 1. The molecule has 1 amide bonds. The van der Waals surface area contributed by atoms with Gasteiger partial charge in [-0.25, -0.2) is 13.4 Å². The van der Waals surface area contributed by atoms with Crippen molar-refractivity contribution in [3.8, 4) is 11.3 Å². The molecule has 1 aromatic heterocycles. The van der Waals surface area contributed by atoms with Crippen molar-refractivity contribution in [1.29, 1.82) is 0 Å². The summed E-state index contributed by atoms with van der Waals surface area (Å²) >= 11 is 0. The van der Waals surface area contributed by atoms with E-state index >= 15 is 0 Å². The highest BCUT2D eigenvalue weighted by molar-refractivity contribution is 7.92. The van der Waals surface area contributed by atoms with Gasteiger partial charge >= 0.3 is 0 Å². The van der Waals surface area contributed by atoms with Gasteiger partial charge in [-0.3, -0.25) is 4.79 Å². The molecule has 2 unspecified atom stereocenters. The average molecular weight is 346 g/mol. The molecule has 1 saturated heterocycles. The summed E-state index contributed by atoms with van der Waals surface area (Å²) in [5.74, 6) is -0.0568. The molecular formula is C17H18N2O4S. The zero-order chi connectivity index (χ0) is 16.7. The first-order valence-electron chi connectivity index (χ1n) is 8.09. The summed E-state index contributed by atoms with van der Waals surface area (Å²) in [5, 5.41) is -0.432. The molecular weight excluding hydrogens is 328 g/mol. The SMILES string of the molecule is O=C(c1ocnc1-c1ccccc1)N1CCS(=O)(=O)C2CCCC21. The van der Waals surface area contributed by atoms with Crippen LogP contribution in [0.3, 0.4) is 0 Å². The van der Waals surface area contributed by atoms with E-state index < -0.39 is 15.1 Å². The first kappa shape index (κ1) is 15.4. The van der Waals surface area contributed by atoms with Gasteiger partial charge in [0.25, 0.3) is 5.91 Å². The van der Waals surface area contributed by atoms with Crippen LogP contribution in [-0.4, -0.2) is 47.8 Å². The number of sulfone groups is 1. The van der Waals surface area contributed by atoms with Gasteiger partial charge in [0, 0.05) is 18.2 Å². The Morgan fingerprint density at radius 2 is 2.00 bits per heavy atom. The normalized spacial score (nSPS) is 25.4. The minimum absolute atomic E-state index is 0.0225. The summed E-state index contributed by atoms with van der Waals surface area (Å²) in [6.07, 6.45) is 3.46. The number of hydrogen-bond acceptors (Lipinski definition) is 5. The van der Waals surface area contributed by atoms with Crippen molar-refractivity contribution in [3.63, 3.8) is 0 Å². The smallest absolute Gasteiger partial charge is 0.292 e. The third kappa shape index (κ3) is 2.43. The molecule has 2 atom stereocenters. The standard InChI is InChI=1S/C17H18N2O4S/c20-17(16-15(18-11-23-16)12-5-2-1-3-6-12)19-9-10-24(21,22)14-8-4-7-13(14)19/h1-3,5-6,11,13-14H,4,7-10H2. The maximum atomic E-state index is 13.0. The molecule has 0 radical (unpaired) electrons. The number of benzene rings is 1. The molecule has 6 nitrogen and oxygen atoms in total. The Kier molecular flexibility index (Phi) is 3.68. The van der Waals surface area contributed by atoms with Crippen LogP contribution < -0.4 is 0 Å². The van der Waals surface area contributed by atoms with E-state index in [0.29, 0.717) is 12.1 Å². The second kappa shape index (κ2) is 5.73. The van der Waals surface area contributed by atoms with Gasteiger partial charge in [-0.05, 0) is 19.3 Å². The first-order chi connectivity index (χ1) is 11.6. The zero-order valence-corrected chi connectivity index (χ0v) is 13.9. The lowest BCUT2D eigenvalue weighted by Crippen LogP contribution is -2.54. The van der Waals surface area contributed by atoms with Crippen LogP contribution in [0.1, 0.15) is 29.8 Å². The summed E-state index contributed by atoms with van der Waals surface area (Å²) in [6.45, 7) is 0.220. The molecule has 7 heteroatoms. The van der Waals surface area contributed by atoms with E-state index in [1.165, 1.54) is 6.39 Å². The molecule has 1 aromatic carbocycles. The van der Waals surface area contributed by atoms with Crippen LogP contribution in [-0.2, 0) is 9.84 Å². The Labute approximate surface area is 140 Å². The van der Waals surface area contributed by atoms with E-state index in [9.17, 15) is 13.2 Å². The van der Waals surface area contributed by atoms with Crippen molar-refractivity contribution in [3.05, 3.63) is 42.5 Å². The number of aromatic nitrogens is 1. The number of rotatable bonds is 2. The molecule has 0 N–H and O–H groups in total. The molecule has 2 aliphatic rings. The van der Waals surface area contributed by atoms with Crippen LogP contribution in [0.15, 0.2) is 41.1 Å². The second-order valence-corrected chi connectivity index (χ2v) is 8.64. The van der Waals surface area contributed by atoms with Gasteiger partial charge < -0.3 is 9.32 Å². The minimum Gasteiger partial charge on any atom is -0.438 e. The van der Waals surface area contributed by atoms with Crippen LogP contribution in [0.2, 0.25) is 0 Å². The number of fused-ring (bicyclic) bond motifs is 1. The van der Waals surface area contributed by atoms with Crippen molar-refractivity contribution < 1.29 is 17.6 Å². The molecule has 2 fully saturated rings. The predicted octanol–water partition coefficient (Wildman–Crippen LogP) is 2.13. The molecule has 126 valence electrons. The van der Waals surface area contributed by atoms with E-state index in [0.717, 1.165) is 18.4 Å². The van der Waals surface area contributed by atoms with Crippen molar-refractivity contribution >= 4 is 15.7 Å². The summed E-state index contributed by atoms with van der Waals surface area (Å²) in [7, 11) is -3.10. The van der Waals surface area contributed by atoms with Gasteiger partial charge in [-0.15, -0.1) is 0 Å². The lowest BCUT2D eigenvalue weighted by Gasteiger charge is -2.36. The average Bonchev–Trinajstić information content (AvgIpc) is 3.25. The number of carbonyl (C=O) groups is 1. The van der Waals surface area contributed by atoms with E-state index in [1.54, 1.807) is 4.90 Å². The Morgan fingerprint density at radius 1 is 1.21 bits per heavy atom. The quantitative estimate of drug-likeness (QED) is 0.832. The van der Waals surface area contributed by atoms with Crippen LogP contribution in [0.25, 0.3) is 11.3 Å². The fourth-order valence-electron chi connectivity index (χ4n) is 3.81. The topological polar surface area (TPSA) is 80.5 Å². The van der Waals surface area contributed by atoms with Crippen molar-refractivity contribution in [1.82, 2.24) is 9.88 Å². The van der Waals surface area contributed by atoms with Crippen LogP contribution in [0, 0.1) is 0 Å². The van der Waals surface area contributed by atoms with Gasteiger partial charge in [-0.2, -0.15) is 0 Å². The highest BCUT2D eigenvalue weighted by Crippen LogP contribution is 2.35.